The molecule has 318 valence electrons. The fourth-order valence-corrected chi connectivity index (χ4v) is 8.77. The van der Waals surface area contributed by atoms with Crippen LogP contribution < -0.4 is 20.0 Å². The largest absolute Gasteiger partial charge is 0.378 e. The zero-order chi connectivity index (χ0) is 42.9. The molecular formula is C47H44ClF4N9O. The molecule has 3 aliphatic rings. The summed E-state index contributed by atoms with van der Waals surface area (Å²) < 4.78 is 62.6. The van der Waals surface area contributed by atoms with Crippen molar-refractivity contribution in [2.45, 2.75) is 39.5 Å². The average Bonchev–Trinajstić information content (AvgIpc) is 4.03. The van der Waals surface area contributed by atoms with Crippen LogP contribution in [-0.2, 0) is 4.74 Å². The number of aromatic nitrogens is 5. The van der Waals surface area contributed by atoms with Gasteiger partial charge in [0.15, 0.2) is 0 Å². The summed E-state index contributed by atoms with van der Waals surface area (Å²) in [5, 5.41) is 4.04. The van der Waals surface area contributed by atoms with E-state index < -0.39 is 23.3 Å². The predicted octanol–water partition coefficient (Wildman–Crippen LogP) is 10.6. The minimum Gasteiger partial charge on any atom is -0.378 e. The Labute approximate surface area is 361 Å². The van der Waals surface area contributed by atoms with E-state index >= 15 is 4.39 Å². The van der Waals surface area contributed by atoms with Gasteiger partial charge in [0.25, 0.3) is 0 Å². The van der Waals surface area contributed by atoms with Crippen molar-refractivity contribution >= 4 is 62.1 Å². The number of hydrogen-bond donors (Lipinski definition) is 1. The van der Waals surface area contributed by atoms with E-state index in [2.05, 4.69) is 40.0 Å². The molecule has 0 aliphatic carbocycles. The molecule has 3 saturated heterocycles. The highest BCUT2D eigenvalue weighted by Gasteiger charge is 2.22. The molecule has 62 heavy (non-hydrogen) atoms. The first-order chi connectivity index (χ1) is 30.1. The number of hydrogen-bond acceptors (Lipinski definition) is 10. The van der Waals surface area contributed by atoms with E-state index in [0.717, 1.165) is 111 Å². The zero-order valence-electron chi connectivity index (χ0n) is 34.4. The number of halogens is 5. The minimum atomic E-state index is -0.699. The summed E-state index contributed by atoms with van der Waals surface area (Å²) in [7, 11) is 0. The van der Waals surface area contributed by atoms with Gasteiger partial charge in [-0.1, -0.05) is 11.6 Å². The minimum absolute atomic E-state index is 0.151. The Kier molecular flexibility index (Phi) is 11.8. The van der Waals surface area contributed by atoms with Crippen molar-refractivity contribution in [3.05, 3.63) is 119 Å². The van der Waals surface area contributed by atoms with Crippen molar-refractivity contribution in [1.29, 1.82) is 0 Å². The van der Waals surface area contributed by atoms with Crippen LogP contribution in [0.5, 0.6) is 0 Å². The monoisotopic (exact) mass is 861 g/mol. The van der Waals surface area contributed by atoms with Gasteiger partial charge in [-0.05, 0) is 81.0 Å². The molecule has 10 nitrogen and oxygen atoms in total. The Hall–Kier alpha value is -6.12. The van der Waals surface area contributed by atoms with Crippen LogP contribution >= 0.6 is 11.6 Å². The van der Waals surface area contributed by atoms with Gasteiger partial charge in [0.05, 0.1) is 80.9 Å². The molecular weight excluding hydrogens is 818 g/mol. The maximum absolute atomic E-state index is 15.2. The molecule has 7 aromatic rings. The van der Waals surface area contributed by atoms with E-state index in [4.69, 9.17) is 21.3 Å². The third-order valence-electron chi connectivity index (χ3n) is 11.7. The fourth-order valence-electron chi connectivity index (χ4n) is 8.49. The van der Waals surface area contributed by atoms with Crippen LogP contribution in [0.3, 0.4) is 0 Å². The second-order valence-corrected chi connectivity index (χ2v) is 16.2. The summed E-state index contributed by atoms with van der Waals surface area (Å²) in [6.07, 6.45) is 11.6. The predicted molar refractivity (Wildman–Crippen MR) is 238 cm³/mol. The standard InChI is InChI=1S/C28H28F2N6O.C19H16ClF2N3/c1-18-27(19-4-5-32-25(12-19)36-6-2-3-7-36)34-24-14-20(29)13-23(30)26(24)28(18)33-21-15-22(17-31-16-21)35-8-10-37-11-9-35;1-11-18(20)17-14(22)9-13(21)10-15(17)24-19(11)12-4-5-23-16(8-12)25-6-2-3-7-25/h4-5,12-17H,2-3,6-11H2,1H3,(H,33,34);4-5,8-10H,2-3,6-7H2,1H3. The van der Waals surface area contributed by atoms with Gasteiger partial charge < -0.3 is 24.8 Å². The molecule has 3 aliphatic heterocycles. The molecule has 5 aromatic heterocycles. The fraction of sp³-hybridized carbons (Fsp3) is 0.298. The van der Waals surface area contributed by atoms with Crippen LogP contribution in [0.1, 0.15) is 36.8 Å². The number of nitrogens with zero attached hydrogens (tertiary/aromatic N) is 8. The molecule has 0 radical (unpaired) electrons. The first kappa shape index (κ1) is 41.2. The van der Waals surface area contributed by atoms with E-state index in [1.165, 1.54) is 12.1 Å². The Morgan fingerprint density at radius 2 is 1.15 bits per heavy atom. The zero-order valence-corrected chi connectivity index (χ0v) is 35.1. The second kappa shape index (κ2) is 17.7. The number of benzene rings is 2. The van der Waals surface area contributed by atoms with Gasteiger partial charge >= 0.3 is 0 Å². The second-order valence-electron chi connectivity index (χ2n) is 15.8. The van der Waals surface area contributed by atoms with Gasteiger partial charge in [-0.3, -0.25) is 4.98 Å². The number of pyridine rings is 5. The van der Waals surface area contributed by atoms with Crippen molar-refractivity contribution in [2.75, 3.05) is 72.5 Å². The summed E-state index contributed by atoms with van der Waals surface area (Å²) in [5.74, 6) is -0.923. The lowest BCUT2D eigenvalue weighted by Gasteiger charge is -2.28. The summed E-state index contributed by atoms with van der Waals surface area (Å²) in [6.45, 7) is 10.5. The van der Waals surface area contributed by atoms with Crippen molar-refractivity contribution in [3.8, 4) is 22.5 Å². The molecule has 1 N–H and O–H groups in total. The van der Waals surface area contributed by atoms with E-state index in [1.54, 1.807) is 25.5 Å². The van der Waals surface area contributed by atoms with E-state index in [0.29, 0.717) is 41.5 Å². The molecule has 0 unspecified atom stereocenters. The van der Waals surface area contributed by atoms with E-state index in [-0.39, 0.29) is 26.8 Å². The molecule has 3 fully saturated rings. The van der Waals surface area contributed by atoms with Crippen LogP contribution in [0.2, 0.25) is 5.02 Å². The third kappa shape index (κ3) is 8.41. The molecule has 0 amide bonds. The number of nitrogens with one attached hydrogen (secondary N) is 1. The third-order valence-corrected chi connectivity index (χ3v) is 12.2. The quantitative estimate of drug-likeness (QED) is 0.156. The van der Waals surface area contributed by atoms with Crippen LogP contribution in [0.4, 0.5) is 46.3 Å². The number of fused-ring (bicyclic) bond motifs is 2. The molecule has 8 heterocycles. The number of rotatable bonds is 7. The van der Waals surface area contributed by atoms with Gasteiger partial charge in [0, 0.05) is 87.1 Å². The summed E-state index contributed by atoms with van der Waals surface area (Å²) in [5.41, 5.74) is 7.05. The highest BCUT2D eigenvalue weighted by molar-refractivity contribution is 6.36. The normalized spacial score (nSPS) is 15.4. The van der Waals surface area contributed by atoms with Gasteiger partial charge in [0.1, 0.15) is 34.9 Å². The lowest BCUT2D eigenvalue weighted by atomic mass is 10.0. The molecule has 0 spiro atoms. The maximum Gasteiger partial charge on any atom is 0.137 e. The van der Waals surface area contributed by atoms with Crippen molar-refractivity contribution in [3.63, 3.8) is 0 Å². The molecule has 15 heteroatoms. The molecule has 10 rings (SSSR count). The lowest BCUT2D eigenvalue weighted by Crippen LogP contribution is -2.36. The van der Waals surface area contributed by atoms with Crippen molar-refractivity contribution < 1.29 is 22.3 Å². The van der Waals surface area contributed by atoms with Crippen LogP contribution in [0, 0.1) is 37.1 Å². The van der Waals surface area contributed by atoms with Crippen molar-refractivity contribution in [1.82, 2.24) is 24.9 Å². The van der Waals surface area contributed by atoms with Crippen LogP contribution in [0.15, 0.2) is 79.4 Å². The number of morpholine rings is 1. The Morgan fingerprint density at radius 1 is 0.613 bits per heavy atom. The van der Waals surface area contributed by atoms with Gasteiger partial charge in [-0.2, -0.15) is 0 Å². The average molecular weight is 862 g/mol. The topological polar surface area (TPSA) is 95.4 Å². The lowest BCUT2D eigenvalue weighted by molar-refractivity contribution is 0.122. The first-order valence-corrected chi connectivity index (χ1v) is 21.2. The Morgan fingerprint density at radius 3 is 1.73 bits per heavy atom. The Balaban J connectivity index is 0.000000171. The summed E-state index contributed by atoms with van der Waals surface area (Å²) in [4.78, 5) is 29.3. The molecule has 0 saturated carbocycles. The maximum atomic E-state index is 15.2. The Bertz CT molecular complexity index is 2790. The van der Waals surface area contributed by atoms with E-state index in [9.17, 15) is 13.2 Å². The van der Waals surface area contributed by atoms with Crippen molar-refractivity contribution in [2.24, 2.45) is 0 Å². The van der Waals surface area contributed by atoms with Crippen LogP contribution in [-0.4, -0.2) is 77.4 Å². The summed E-state index contributed by atoms with van der Waals surface area (Å²) in [6, 6.07) is 13.9. The van der Waals surface area contributed by atoms with Gasteiger partial charge in [-0.15, -0.1) is 0 Å². The summed E-state index contributed by atoms with van der Waals surface area (Å²) >= 11 is 6.38. The number of ether oxygens (including phenoxy) is 1. The van der Waals surface area contributed by atoms with Crippen LogP contribution in [0.25, 0.3) is 44.3 Å². The SMILES string of the molecule is Cc1c(-c2ccnc(N3CCCC3)c2)nc2cc(F)cc(F)c2c1Cl.Cc1c(-c2ccnc(N3CCCC3)c2)nc2cc(F)cc(F)c2c1Nc1cncc(N2CCOCC2)c1. The highest BCUT2D eigenvalue weighted by atomic mass is 35.5. The molecule has 0 atom stereocenters. The van der Waals surface area contributed by atoms with E-state index in [1.807, 2.05) is 43.5 Å². The van der Waals surface area contributed by atoms with Gasteiger partial charge in [0.2, 0.25) is 0 Å². The highest BCUT2D eigenvalue weighted by Crippen LogP contribution is 2.39. The smallest absolute Gasteiger partial charge is 0.137 e. The molecule has 2 aromatic carbocycles. The molecule has 0 bridgehead atoms. The number of anilines is 5. The first-order valence-electron chi connectivity index (χ1n) is 20.8. The van der Waals surface area contributed by atoms with Gasteiger partial charge in [-0.25, -0.2) is 37.5 Å².